The SMILES string of the molecule is COC(=O)[C@@]1(OC(C)=O)[C@H](C)C[C@H]2[C@@H]3C[C@H](F)C4=CC(=O)C=C[C@]4(C)[C@@]34O[C@H]4C[C@@]21C. The van der Waals surface area contributed by atoms with Gasteiger partial charge in [-0.05, 0) is 55.7 Å². The summed E-state index contributed by atoms with van der Waals surface area (Å²) in [6.45, 7) is 7.13. The van der Waals surface area contributed by atoms with Crippen molar-refractivity contribution in [1.82, 2.24) is 0 Å². The van der Waals surface area contributed by atoms with E-state index in [2.05, 4.69) is 0 Å². The van der Waals surface area contributed by atoms with Gasteiger partial charge in [-0.15, -0.1) is 0 Å². The first kappa shape index (κ1) is 20.9. The molecule has 0 bridgehead atoms. The van der Waals surface area contributed by atoms with Crippen molar-refractivity contribution in [1.29, 1.82) is 0 Å². The van der Waals surface area contributed by atoms with Crippen molar-refractivity contribution in [2.75, 3.05) is 7.11 Å². The molecule has 1 aliphatic heterocycles. The van der Waals surface area contributed by atoms with Crippen LogP contribution in [0.25, 0.3) is 0 Å². The van der Waals surface area contributed by atoms with Gasteiger partial charge in [0.2, 0.25) is 5.60 Å². The Morgan fingerprint density at radius 3 is 2.58 bits per heavy atom. The molecule has 0 radical (unpaired) electrons. The zero-order chi connectivity index (χ0) is 22.6. The van der Waals surface area contributed by atoms with E-state index in [-0.39, 0.29) is 36.1 Å². The molecule has 0 amide bonds. The molecule has 0 aromatic rings. The number of hydrogen-bond acceptors (Lipinski definition) is 6. The van der Waals surface area contributed by atoms with Crippen LogP contribution in [0.15, 0.2) is 23.8 Å². The second-order valence-corrected chi connectivity index (χ2v) is 10.4. The van der Waals surface area contributed by atoms with Gasteiger partial charge in [0.25, 0.3) is 0 Å². The highest BCUT2D eigenvalue weighted by molar-refractivity contribution is 6.01. The fraction of sp³-hybridized carbons (Fsp3) is 0.708. The first-order valence-electron chi connectivity index (χ1n) is 11.0. The van der Waals surface area contributed by atoms with Crippen LogP contribution in [0.1, 0.15) is 47.0 Å². The third-order valence-corrected chi connectivity index (χ3v) is 9.25. The van der Waals surface area contributed by atoms with E-state index >= 15 is 4.39 Å². The van der Waals surface area contributed by atoms with Crippen molar-refractivity contribution in [3.63, 3.8) is 0 Å². The number of hydrogen-bond donors (Lipinski definition) is 0. The van der Waals surface area contributed by atoms with Crippen molar-refractivity contribution >= 4 is 17.7 Å². The van der Waals surface area contributed by atoms with E-state index in [0.717, 1.165) is 0 Å². The number of ketones is 1. The van der Waals surface area contributed by atoms with Gasteiger partial charge in [0.1, 0.15) is 11.8 Å². The summed E-state index contributed by atoms with van der Waals surface area (Å²) in [6, 6.07) is 0. The third kappa shape index (κ3) is 2.18. The number of rotatable bonds is 2. The zero-order valence-corrected chi connectivity index (χ0v) is 18.6. The van der Waals surface area contributed by atoms with Crippen molar-refractivity contribution in [3.05, 3.63) is 23.8 Å². The summed E-state index contributed by atoms with van der Waals surface area (Å²) in [7, 11) is 1.30. The van der Waals surface area contributed by atoms with E-state index in [1.807, 2.05) is 26.8 Å². The van der Waals surface area contributed by atoms with E-state index in [9.17, 15) is 14.4 Å². The number of allylic oxidation sites excluding steroid dienone is 2. The number of fused-ring (bicyclic) bond motifs is 3. The van der Waals surface area contributed by atoms with Gasteiger partial charge in [-0.2, -0.15) is 0 Å². The largest absolute Gasteiger partial charge is 0.466 e. The molecule has 31 heavy (non-hydrogen) atoms. The minimum Gasteiger partial charge on any atom is -0.466 e. The van der Waals surface area contributed by atoms with Crippen LogP contribution in [0.2, 0.25) is 0 Å². The first-order valence-corrected chi connectivity index (χ1v) is 11.0. The second kappa shape index (κ2) is 6.06. The van der Waals surface area contributed by atoms with Crippen LogP contribution in [0.4, 0.5) is 4.39 Å². The minimum atomic E-state index is -1.43. The smallest absolute Gasteiger partial charge is 0.351 e. The van der Waals surface area contributed by atoms with Gasteiger partial charge in [0, 0.05) is 23.7 Å². The third-order valence-electron chi connectivity index (χ3n) is 9.25. The fourth-order valence-electron chi connectivity index (χ4n) is 8.03. The molecule has 1 spiro atoms. The molecule has 5 rings (SSSR count). The Kier molecular flexibility index (Phi) is 4.08. The lowest BCUT2D eigenvalue weighted by Gasteiger charge is -2.56. The molecule has 4 aliphatic carbocycles. The minimum absolute atomic E-state index is 0.0950. The highest BCUT2D eigenvalue weighted by Crippen LogP contribution is 2.77. The molecule has 0 N–H and O–H groups in total. The van der Waals surface area contributed by atoms with Gasteiger partial charge in [0.05, 0.1) is 13.2 Å². The molecule has 3 saturated carbocycles. The van der Waals surface area contributed by atoms with Crippen LogP contribution < -0.4 is 0 Å². The van der Waals surface area contributed by atoms with E-state index < -0.39 is 40.1 Å². The average molecular weight is 432 g/mol. The molecule has 5 aliphatic rings. The normalized spacial score (nSPS) is 51.6. The van der Waals surface area contributed by atoms with E-state index in [0.29, 0.717) is 18.4 Å². The van der Waals surface area contributed by atoms with Crippen LogP contribution in [0, 0.1) is 28.6 Å². The Morgan fingerprint density at radius 2 is 1.94 bits per heavy atom. The Labute approximate surface area is 181 Å². The van der Waals surface area contributed by atoms with Crippen LogP contribution >= 0.6 is 0 Å². The number of carbonyl (C=O) groups is 3. The van der Waals surface area contributed by atoms with Gasteiger partial charge >= 0.3 is 11.9 Å². The number of epoxide rings is 1. The highest BCUT2D eigenvalue weighted by Gasteiger charge is 2.84. The number of esters is 2. The molecule has 6 nitrogen and oxygen atoms in total. The van der Waals surface area contributed by atoms with Gasteiger partial charge < -0.3 is 14.2 Å². The van der Waals surface area contributed by atoms with Gasteiger partial charge in [-0.3, -0.25) is 9.59 Å². The Balaban J connectivity index is 1.64. The molecule has 0 unspecified atom stereocenters. The monoisotopic (exact) mass is 432 g/mol. The second-order valence-electron chi connectivity index (χ2n) is 10.4. The molecule has 1 saturated heterocycles. The molecule has 9 atom stereocenters. The molecular formula is C24H29FO6. The summed E-state index contributed by atoms with van der Waals surface area (Å²) in [5.74, 6) is -1.84. The maximum Gasteiger partial charge on any atom is 0.351 e. The van der Waals surface area contributed by atoms with Crippen LogP contribution in [-0.4, -0.2) is 48.3 Å². The summed E-state index contributed by atoms with van der Waals surface area (Å²) in [4.78, 5) is 37.2. The van der Waals surface area contributed by atoms with Crippen molar-refractivity contribution < 1.29 is 33.0 Å². The molecule has 0 aromatic heterocycles. The predicted octanol–water partition coefficient (Wildman–Crippen LogP) is 3.09. The van der Waals surface area contributed by atoms with Crippen LogP contribution in [0.3, 0.4) is 0 Å². The van der Waals surface area contributed by atoms with E-state index in [4.69, 9.17) is 14.2 Å². The van der Waals surface area contributed by atoms with Crippen molar-refractivity contribution in [2.45, 2.75) is 70.4 Å². The van der Waals surface area contributed by atoms with Gasteiger partial charge in [-0.1, -0.05) is 19.9 Å². The highest BCUT2D eigenvalue weighted by atomic mass is 19.1. The molecule has 4 fully saturated rings. The van der Waals surface area contributed by atoms with Crippen LogP contribution in [-0.2, 0) is 28.6 Å². The topological polar surface area (TPSA) is 82.2 Å². The molecule has 7 heteroatoms. The summed E-state index contributed by atoms with van der Waals surface area (Å²) >= 11 is 0. The lowest BCUT2D eigenvalue weighted by atomic mass is 9.46. The molecular weight excluding hydrogens is 403 g/mol. The predicted molar refractivity (Wildman–Crippen MR) is 107 cm³/mol. The number of halogens is 1. The Hall–Kier alpha value is -2.02. The summed E-state index contributed by atoms with van der Waals surface area (Å²) in [5, 5.41) is 0. The van der Waals surface area contributed by atoms with Crippen molar-refractivity contribution in [2.24, 2.45) is 28.6 Å². The molecule has 0 aromatic carbocycles. The molecule has 1 heterocycles. The number of carbonyl (C=O) groups excluding carboxylic acids is 3. The summed E-state index contributed by atoms with van der Waals surface area (Å²) in [5.41, 5.74) is -3.00. The summed E-state index contributed by atoms with van der Waals surface area (Å²) in [6.07, 6.45) is 4.59. The van der Waals surface area contributed by atoms with Crippen molar-refractivity contribution in [3.8, 4) is 0 Å². The standard InChI is InChI=1S/C24H29FO6/c1-12-8-15-16-10-18(25)17-9-14(27)6-7-21(17,3)24(16)19(31-24)11-22(15,4)23(12,20(28)29-5)30-13(2)26/h6-7,9,12,15-16,18-19H,8,10-11H2,1-5H3/t12-,15+,16+,18+,19+,21+,22+,23+,24-/m1/s1. The van der Waals surface area contributed by atoms with E-state index in [1.165, 1.54) is 26.2 Å². The lowest BCUT2D eigenvalue weighted by molar-refractivity contribution is -0.205. The average Bonchev–Trinajstić information content (AvgIpc) is 3.38. The maximum atomic E-state index is 15.5. The number of ether oxygens (including phenoxy) is 3. The summed E-state index contributed by atoms with van der Waals surface area (Å²) < 4.78 is 32.9. The zero-order valence-electron chi connectivity index (χ0n) is 18.6. The van der Waals surface area contributed by atoms with Gasteiger partial charge in [-0.25, -0.2) is 9.18 Å². The Morgan fingerprint density at radius 1 is 1.23 bits per heavy atom. The quantitative estimate of drug-likeness (QED) is 0.493. The fourth-order valence-corrected chi connectivity index (χ4v) is 8.03. The maximum absolute atomic E-state index is 15.5. The Bertz CT molecular complexity index is 956. The van der Waals surface area contributed by atoms with Crippen LogP contribution in [0.5, 0.6) is 0 Å². The molecule has 168 valence electrons. The van der Waals surface area contributed by atoms with Gasteiger partial charge in [0.15, 0.2) is 5.78 Å². The number of methoxy groups -OCH3 is 1. The van der Waals surface area contributed by atoms with E-state index in [1.54, 1.807) is 0 Å². The lowest BCUT2D eigenvalue weighted by Crippen LogP contribution is -2.64. The first-order chi connectivity index (χ1) is 14.5. The number of alkyl halides is 1.